The number of rotatable bonds is 3. The van der Waals surface area contributed by atoms with E-state index in [9.17, 15) is 4.79 Å². The third-order valence-electron chi connectivity index (χ3n) is 3.59. The number of benzene rings is 1. The van der Waals surface area contributed by atoms with E-state index in [0.717, 1.165) is 21.5 Å². The fourth-order valence-electron chi connectivity index (χ4n) is 2.35. The van der Waals surface area contributed by atoms with Crippen molar-refractivity contribution < 1.29 is 4.79 Å². The van der Waals surface area contributed by atoms with Crippen molar-refractivity contribution in [2.45, 2.75) is 20.4 Å². The number of amides is 1. The van der Waals surface area contributed by atoms with Crippen LogP contribution in [0.25, 0.3) is 10.9 Å². The lowest BCUT2D eigenvalue weighted by atomic mass is 10.1. The summed E-state index contributed by atoms with van der Waals surface area (Å²) in [4.78, 5) is 16.8. The Kier molecular flexibility index (Phi) is 3.32. The molecule has 1 amide bonds. The zero-order chi connectivity index (χ0) is 14.1. The molecule has 0 saturated heterocycles. The monoisotopic (exact) mass is 284 g/mol. The molecule has 2 heterocycles. The topological polar surface area (TPSA) is 44.9 Å². The van der Waals surface area contributed by atoms with Gasteiger partial charge < -0.3 is 10.3 Å². The summed E-state index contributed by atoms with van der Waals surface area (Å²) in [7, 11) is 0. The molecular weight excluding hydrogens is 268 g/mol. The molecule has 0 atom stereocenters. The maximum atomic E-state index is 12.3. The maximum absolute atomic E-state index is 12.3. The fraction of sp³-hybridized carbons (Fsp3) is 0.188. The van der Waals surface area contributed by atoms with E-state index in [1.54, 1.807) is 11.3 Å². The molecule has 0 spiro atoms. The van der Waals surface area contributed by atoms with Crippen molar-refractivity contribution in [3.63, 3.8) is 0 Å². The van der Waals surface area contributed by atoms with Crippen molar-refractivity contribution in [2.24, 2.45) is 0 Å². The Morgan fingerprint density at radius 3 is 2.85 bits per heavy atom. The Balaban J connectivity index is 1.89. The third kappa shape index (κ3) is 2.23. The summed E-state index contributed by atoms with van der Waals surface area (Å²) in [5, 5.41) is 6.10. The van der Waals surface area contributed by atoms with E-state index in [2.05, 4.69) is 17.2 Å². The lowest BCUT2D eigenvalue weighted by Gasteiger charge is -2.05. The Bertz CT molecular complexity index is 756. The molecule has 0 saturated carbocycles. The summed E-state index contributed by atoms with van der Waals surface area (Å²) in [5.41, 5.74) is 3.94. The molecule has 3 aromatic rings. The van der Waals surface area contributed by atoms with E-state index in [-0.39, 0.29) is 5.91 Å². The Labute approximate surface area is 121 Å². The highest BCUT2D eigenvalue weighted by Crippen LogP contribution is 2.24. The van der Waals surface area contributed by atoms with Gasteiger partial charge in [0, 0.05) is 16.0 Å². The van der Waals surface area contributed by atoms with Crippen LogP contribution in [-0.2, 0) is 6.54 Å². The molecular formula is C16H16N2OS. The van der Waals surface area contributed by atoms with Gasteiger partial charge in [0.05, 0.1) is 17.6 Å². The van der Waals surface area contributed by atoms with Gasteiger partial charge in [-0.2, -0.15) is 0 Å². The summed E-state index contributed by atoms with van der Waals surface area (Å²) in [6.07, 6.45) is 0. The van der Waals surface area contributed by atoms with Crippen molar-refractivity contribution in [3.8, 4) is 0 Å². The standard InChI is InChI=1S/C16H16N2OS/c1-10-11(2)18-15-13(10)6-3-7-14(15)16(19)17-9-12-5-4-8-20-12/h3-8,18H,9H2,1-2H3,(H,17,19). The van der Waals surface area contributed by atoms with Gasteiger partial charge in [-0.1, -0.05) is 18.2 Å². The van der Waals surface area contributed by atoms with Crippen LogP contribution in [0.4, 0.5) is 0 Å². The van der Waals surface area contributed by atoms with E-state index >= 15 is 0 Å². The van der Waals surface area contributed by atoms with Gasteiger partial charge in [-0.05, 0) is 36.9 Å². The average Bonchev–Trinajstić information content (AvgIpc) is 3.06. The normalized spacial score (nSPS) is 10.9. The molecule has 0 aliphatic rings. The molecule has 0 aliphatic heterocycles. The van der Waals surface area contributed by atoms with E-state index in [1.807, 2.05) is 42.6 Å². The number of fused-ring (bicyclic) bond motifs is 1. The van der Waals surface area contributed by atoms with Gasteiger partial charge in [0.15, 0.2) is 0 Å². The van der Waals surface area contributed by atoms with E-state index in [1.165, 1.54) is 5.56 Å². The zero-order valence-corrected chi connectivity index (χ0v) is 12.3. The van der Waals surface area contributed by atoms with Gasteiger partial charge in [0.1, 0.15) is 0 Å². The smallest absolute Gasteiger partial charge is 0.253 e. The quantitative estimate of drug-likeness (QED) is 0.755. The number of aromatic nitrogens is 1. The number of nitrogens with one attached hydrogen (secondary N) is 2. The molecule has 2 aromatic heterocycles. The first-order chi connectivity index (χ1) is 9.66. The average molecular weight is 284 g/mol. The Morgan fingerprint density at radius 2 is 2.10 bits per heavy atom. The van der Waals surface area contributed by atoms with Gasteiger partial charge in [-0.25, -0.2) is 0 Å². The van der Waals surface area contributed by atoms with Crippen LogP contribution in [0.15, 0.2) is 35.7 Å². The lowest BCUT2D eigenvalue weighted by Crippen LogP contribution is -2.22. The molecule has 0 radical (unpaired) electrons. The van der Waals surface area contributed by atoms with Crippen LogP contribution < -0.4 is 5.32 Å². The second-order valence-electron chi connectivity index (χ2n) is 4.87. The molecule has 0 bridgehead atoms. The van der Waals surface area contributed by atoms with Crippen LogP contribution in [0.3, 0.4) is 0 Å². The summed E-state index contributed by atoms with van der Waals surface area (Å²) >= 11 is 1.65. The first kappa shape index (κ1) is 12.9. The van der Waals surface area contributed by atoms with Gasteiger partial charge in [-0.15, -0.1) is 11.3 Å². The predicted molar refractivity (Wildman–Crippen MR) is 83.3 cm³/mol. The number of aryl methyl sites for hydroxylation is 2. The van der Waals surface area contributed by atoms with Crippen molar-refractivity contribution in [2.75, 3.05) is 0 Å². The summed E-state index contributed by atoms with van der Waals surface area (Å²) < 4.78 is 0. The molecule has 3 rings (SSSR count). The molecule has 2 N–H and O–H groups in total. The number of hydrogen-bond acceptors (Lipinski definition) is 2. The summed E-state index contributed by atoms with van der Waals surface area (Å²) in [6, 6.07) is 9.85. The largest absolute Gasteiger partial charge is 0.358 e. The van der Waals surface area contributed by atoms with Crippen molar-refractivity contribution in [3.05, 3.63) is 57.4 Å². The minimum absolute atomic E-state index is 0.0368. The number of para-hydroxylation sites is 1. The highest BCUT2D eigenvalue weighted by molar-refractivity contribution is 7.09. The zero-order valence-electron chi connectivity index (χ0n) is 11.5. The van der Waals surface area contributed by atoms with Gasteiger partial charge in [0.25, 0.3) is 5.91 Å². The SMILES string of the molecule is Cc1[nH]c2c(C(=O)NCc3cccs3)cccc2c1C. The van der Waals surface area contributed by atoms with E-state index in [0.29, 0.717) is 12.1 Å². The lowest BCUT2D eigenvalue weighted by molar-refractivity contribution is 0.0953. The highest BCUT2D eigenvalue weighted by atomic mass is 32.1. The van der Waals surface area contributed by atoms with Crippen LogP contribution >= 0.6 is 11.3 Å². The second-order valence-corrected chi connectivity index (χ2v) is 5.90. The van der Waals surface area contributed by atoms with Crippen LogP contribution in [0, 0.1) is 13.8 Å². The molecule has 0 fully saturated rings. The van der Waals surface area contributed by atoms with Crippen LogP contribution in [0.5, 0.6) is 0 Å². The summed E-state index contributed by atoms with van der Waals surface area (Å²) in [6.45, 7) is 4.68. The Morgan fingerprint density at radius 1 is 1.25 bits per heavy atom. The first-order valence-corrected chi connectivity index (χ1v) is 7.43. The van der Waals surface area contributed by atoms with Crippen LogP contribution in [0.1, 0.15) is 26.5 Å². The van der Waals surface area contributed by atoms with Crippen molar-refractivity contribution in [1.82, 2.24) is 10.3 Å². The van der Waals surface area contributed by atoms with Crippen LogP contribution in [-0.4, -0.2) is 10.9 Å². The number of H-pyrrole nitrogens is 1. The molecule has 4 heteroatoms. The number of carbonyl (C=O) groups is 1. The van der Waals surface area contributed by atoms with Gasteiger partial charge in [0.2, 0.25) is 0 Å². The van der Waals surface area contributed by atoms with Gasteiger partial charge in [-0.3, -0.25) is 4.79 Å². The number of aromatic amines is 1. The minimum atomic E-state index is -0.0368. The van der Waals surface area contributed by atoms with Gasteiger partial charge >= 0.3 is 0 Å². The first-order valence-electron chi connectivity index (χ1n) is 6.55. The fourth-order valence-corrected chi connectivity index (χ4v) is 2.99. The van der Waals surface area contributed by atoms with Crippen molar-refractivity contribution >= 4 is 28.1 Å². The molecule has 1 aromatic carbocycles. The molecule has 3 nitrogen and oxygen atoms in total. The minimum Gasteiger partial charge on any atom is -0.358 e. The van der Waals surface area contributed by atoms with Crippen molar-refractivity contribution in [1.29, 1.82) is 0 Å². The maximum Gasteiger partial charge on any atom is 0.253 e. The van der Waals surface area contributed by atoms with E-state index < -0.39 is 0 Å². The highest BCUT2D eigenvalue weighted by Gasteiger charge is 2.13. The summed E-state index contributed by atoms with van der Waals surface area (Å²) in [5.74, 6) is -0.0368. The third-order valence-corrected chi connectivity index (χ3v) is 4.47. The molecule has 0 unspecified atom stereocenters. The number of carbonyl (C=O) groups excluding carboxylic acids is 1. The second kappa shape index (κ2) is 5.13. The molecule has 0 aliphatic carbocycles. The Hall–Kier alpha value is -2.07. The number of thiophene rings is 1. The van der Waals surface area contributed by atoms with Crippen LogP contribution in [0.2, 0.25) is 0 Å². The number of hydrogen-bond donors (Lipinski definition) is 2. The molecule has 20 heavy (non-hydrogen) atoms. The molecule has 102 valence electrons. The predicted octanol–water partition coefficient (Wildman–Crippen LogP) is 3.78. The van der Waals surface area contributed by atoms with E-state index in [4.69, 9.17) is 0 Å².